The highest BCUT2D eigenvalue weighted by Crippen LogP contribution is 2.14. The topological polar surface area (TPSA) is 90.3 Å². The molecule has 0 fully saturated rings. The van der Waals surface area contributed by atoms with Crippen molar-refractivity contribution in [1.82, 2.24) is 15.1 Å². The summed E-state index contributed by atoms with van der Waals surface area (Å²) in [6.07, 6.45) is 1.49. The fourth-order valence-corrected chi connectivity index (χ4v) is 2.37. The van der Waals surface area contributed by atoms with E-state index in [4.69, 9.17) is 4.74 Å². The first-order valence-corrected chi connectivity index (χ1v) is 8.44. The number of amides is 1. The first-order valence-electron chi connectivity index (χ1n) is 8.44. The third kappa shape index (κ3) is 4.43. The second-order valence-electron chi connectivity index (χ2n) is 5.88. The quantitative estimate of drug-likeness (QED) is 0.774. The summed E-state index contributed by atoms with van der Waals surface area (Å²) < 4.78 is 6.35. The van der Waals surface area contributed by atoms with Crippen LogP contribution >= 0.6 is 0 Å². The van der Waals surface area contributed by atoms with Gasteiger partial charge in [-0.15, -0.1) is 0 Å². The van der Waals surface area contributed by atoms with Crippen LogP contribution in [0, 0.1) is 0 Å². The van der Waals surface area contributed by atoms with Crippen LogP contribution in [0.25, 0.3) is 10.8 Å². The van der Waals surface area contributed by atoms with Gasteiger partial charge in [-0.2, -0.15) is 5.10 Å². The summed E-state index contributed by atoms with van der Waals surface area (Å²) in [6.45, 7) is 5.75. The predicted molar refractivity (Wildman–Crippen MR) is 94.5 cm³/mol. The maximum Gasteiger partial charge on any atom is 0.359 e. The minimum absolute atomic E-state index is 0.0108. The summed E-state index contributed by atoms with van der Waals surface area (Å²) in [7, 11) is 0. The molecule has 1 aromatic heterocycles. The number of hydrogen-bond donors (Lipinski definition) is 1. The summed E-state index contributed by atoms with van der Waals surface area (Å²) in [5.74, 6) is -1.09. The van der Waals surface area contributed by atoms with Gasteiger partial charge in [0.1, 0.15) is 0 Å². The Labute approximate surface area is 146 Å². The van der Waals surface area contributed by atoms with Crippen LogP contribution in [-0.2, 0) is 16.1 Å². The lowest BCUT2D eigenvalue weighted by atomic mass is 10.1. The highest BCUT2D eigenvalue weighted by atomic mass is 16.5. The van der Waals surface area contributed by atoms with Crippen molar-refractivity contribution in [2.75, 3.05) is 6.61 Å². The molecule has 0 aliphatic heterocycles. The Morgan fingerprint density at radius 3 is 2.56 bits per heavy atom. The number of ether oxygens (including phenoxy) is 1. The Morgan fingerprint density at radius 1 is 1.24 bits per heavy atom. The van der Waals surface area contributed by atoms with Gasteiger partial charge in [0.2, 0.25) is 0 Å². The first kappa shape index (κ1) is 18.6. The predicted octanol–water partition coefficient (Wildman–Crippen LogP) is 1.88. The van der Waals surface area contributed by atoms with Gasteiger partial charge >= 0.3 is 5.97 Å². The molecule has 0 bridgehead atoms. The van der Waals surface area contributed by atoms with Gasteiger partial charge in [0.25, 0.3) is 11.5 Å². The van der Waals surface area contributed by atoms with E-state index in [1.165, 1.54) is 4.68 Å². The van der Waals surface area contributed by atoms with E-state index in [0.29, 0.717) is 23.7 Å². The van der Waals surface area contributed by atoms with Gasteiger partial charge < -0.3 is 10.1 Å². The van der Waals surface area contributed by atoms with E-state index in [0.717, 1.165) is 6.42 Å². The minimum Gasteiger partial charge on any atom is -0.451 e. The summed E-state index contributed by atoms with van der Waals surface area (Å²) in [5, 5.41) is 7.69. The average molecular weight is 345 g/mol. The van der Waals surface area contributed by atoms with Gasteiger partial charge in [0.05, 0.1) is 5.39 Å². The van der Waals surface area contributed by atoms with Crippen LogP contribution in [0.5, 0.6) is 0 Å². The molecule has 1 amide bonds. The largest absolute Gasteiger partial charge is 0.451 e. The molecule has 0 saturated heterocycles. The van der Waals surface area contributed by atoms with Crippen LogP contribution in [0.1, 0.15) is 44.1 Å². The Balaban J connectivity index is 2.27. The van der Waals surface area contributed by atoms with Crippen molar-refractivity contribution < 1.29 is 14.3 Å². The van der Waals surface area contributed by atoms with Crippen LogP contribution in [0.15, 0.2) is 29.1 Å². The van der Waals surface area contributed by atoms with E-state index in [-0.39, 0.29) is 29.8 Å². The number of hydrogen-bond acceptors (Lipinski definition) is 5. The van der Waals surface area contributed by atoms with Gasteiger partial charge in [-0.05, 0) is 25.8 Å². The molecule has 0 saturated carbocycles. The molecular formula is C18H23N3O4. The Kier molecular flexibility index (Phi) is 6.27. The third-order valence-electron chi connectivity index (χ3n) is 3.85. The maximum atomic E-state index is 12.4. The summed E-state index contributed by atoms with van der Waals surface area (Å²) in [5.41, 5.74) is -0.205. The molecule has 0 aliphatic rings. The molecule has 1 atom stereocenters. The SMILES string of the molecule is CCCn1nc(C(=O)OCC(=O)NC(C)CC)c2ccccc2c1=O. The summed E-state index contributed by atoms with van der Waals surface area (Å²) in [4.78, 5) is 36.6. The van der Waals surface area contributed by atoms with Crippen LogP contribution in [0.2, 0.25) is 0 Å². The van der Waals surface area contributed by atoms with Crippen molar-refractivity contribution in [3.05, 3.63) is 40.3 Å². The monoisotopic (exact) mass is 345 g/mol. The minimum atomic E-state index is -0.722. The number of fused-ring (bicyclic) bond motifs is 1. The van der Waals surface area contributed by atoms with E-state index >= 15 is 0 Å². The molecule has 1 unspecified atom stereocenters. The summed E-state index contributed by atoms with van der Waals surface area (Å²) >= 11 is 0. The Hall–Kier alpha value is -2.70. The van der Waals surface area contributed by atoms with Crippen molar-refractivity contribution in [2.45, 2.75) is 46.2 Å². The molecule has 2 aromatic rings. The molecule has 7 nitrogen and oxygen atoms in total. The normalized spacial score (nSPS) is 12.0. The molecule has 2 rings (SSSR count). The molecule has 7 heteroatoms. The zero-order chi connectivity index (χ0) is 18.4. The van der Waals surface area contributed by atoms with E-state index < -0.39 is 5.97 Å². The highest BCUT2D eigenvalue weighted by molar-refractivity contribution is 6.02. The smallest absolute Gasteiger partial charge is 0.359 e. The van der Waals surface area contributed by atoms with Crippen LogP contribution < -0.4 is 10.9 Å². The van der Waals surface area contributed by atoms with E-state index in [2.05, 4.69) is 10.4 Å². The van der Waals surface area contributed by atoms with Gasteiger partial charge in [-0.1, -0.05) is 32.0 Å². The molecule has 0 spiro atoms. The number of esters is 1. The van der Waals surface area contributed by atoms with Gasteiger partial charge in [-0.3, -0.25) is 9.59 Å². The van der Waals surface area contributed by atoms with Crippen molar-refractivity contribution in [3.8, 4) is 0 Å². The first-order chi connectivity index (χ1) is 12.0. The van der Waals surface area contributed by atoms with E-state index in [1.54, 1.807) is 24.3 Å². The molecule has 0 radical (unpaired) electrons. The number of aromatic nitrogens is 2. The Bertz CT molecular complexity index is 829. The van der Waals surface area contributed by atoms with Gasteiger partial charge in [0.15, 0.2) is 12.3 Å². The summed E-state index contributed by atoms with van der Waals surface area (Å²) in [6, 6.07) is 6.76. The second kappa shape index (κ2) is 8.41. The van der Waals surface area contributed by atoms with E-state index in [1.807, 2.05) is 20.8 Å². The lowest BCUT2D eigenvalue weighted by Crippen LogP contribution is -2.35. The van der Waals surface area contributed by atoms with Gasteiger partial charge in [-0.25, -0.2) is 9.48 Å². The molecular weight excluding hydrogens is 322 g/mol. The zero-order valence-corrected chi connectivity index (χ0v) is 14.7. The molecule has 0 aliphatic carbocycles. The zero-order valence-electron chi connectivity index (χ0n) is 14.7. The number of carbonyl (C=O) groups excluding carboxylic acids is 2. The van der Waals surface area contributed by atoms with Crippen molar-refractivity contribution >= 4 is 22.6 Å². The van der Waals surface area contributed by atoms with Crippen LogP contribution in [-0.4, -0.2) is 34.3 Å². The number of aryl methyl sites for hydroxylation is 1. The number of nitrogens with zero attached hydrogens (tertiary/aromatic N) is 2. The van der Waals surface area contributed by atoms with Gasteiger partial charge in [0, 0.05) is 18.0 Å². The molecule has 1 heterocycles. The lowest BCUT2D eigenvalue weighted by molar-refractivity contribution is -0.124. The van der Waals surface area contributed by atoms with E-state index in [9.17, 15) is 14.4 Å². The molecule has 1 N–H and O–H groups in total. The number of nitrogens with one attached hydrogen (secondary N) is 1. The standard InChI is InChI=1S/C18H23N3O4/c1-4-10-21-17(23)14-9-7-6-8-13(14)16(20-21)18(24)25-11-15(22)19-12(3)5-2/h6-9,12H,4-5,10-11H2,1-3H3,(H,19,22). The highest BCUT2D eigenvalue weighted by Gasteiger charge is 2.19. The third-order valence-corrected chi connectivity index (χ3v) is 3.85. The van der Waals surface area contributed by atoms with Crippen LogP contribution in [0.4, 0.5) is 0 Å². The maximum absolute atomic E-state index is 12.4. The van der Waals surface area contributed by atoms with Crippen molar-refractivity contribution in [2.24, 2.45) is 0 Å². The number of benzene rings is 1. The Morgan fingerprint density at radius 2 is 1.92 bits per heavy atom. The number of carbonyl (C=O) groups is 2. The number of rotatable bonds is 7. The average Bonchev–Trinajstić information content (AvgIpc) is 2.62. The van der Waals surface area contributed by atoms with Crippen molar-refractivity contribution in [1.29, 1.82) is 0 Å². The second-order valence-corrected chi connectivity index (χ2v) is 5.88. The molecule has 25 heavy (non-hydrogen) atoms. The fraction of sp³-hybridized carbons (Fsp3) is 0.444. The molecule has 134 valence electrons. The van der Waals surface area contributed by atoms with Crippen molar-refractivity contribution in [3.63, 3.8) is 0 Å². The lowest BCUT2D eigenvalue weighted by Gasteiger charge is -2.12. The fourth-order valence-electron chi connectivity index (χ4n) is 2.37. The molecule has 1 aromatic carbocycles. The van der Waals surface area contributed by atoms with Crippen LogP contribution in [0.3, 0.4) is 0 Å².